The molecule has 1 unspecified atom stereocenters. The van der Waals surface area contributed by atoms with Gasteiger partial charge in [-0.05, 0) is 0 Å². The molecule has 0 amide bonds. The van der Waals surface area contributed by atoms with E-state index in [1.807, 2.05) is 0 Å². The fraction of sp³-hybridized carbons (Fsp3) is 0.400. The van der Waals surface area contributed by atoms with Gasteiger partial charge in [0.15, 0.2) is 0 Å². The second kappa shape index (κ2) is 4.59. The van der Waals surface area contributed by atoms with Crippen molar-refractivity contribution in [1.29, 1.82) is 0 Å². The van der Waals surface area contributed by atoms with Crippen molar-refractivity contribution in [2.45, 2.75) is 24.5 Å². The molecule has 0 saturated heterocycles. The zero-order valence-electron chi connectivity index (χ0n) is 6.96. The van der Waals surface area contributed by atoms with Gasteiger partial charge in [-0.25, -0.2) is 0 Å². The molecule has 54 valence electrons. The molecule has 0 nitrogen and oxygen atoms in total. The summed E-state index contributed by atoms with van der Waals surface area (Å²) < 4.78 is 0.732. The Kier molecular flexibility index (Phi) is 3.69. The van der Waals surface area contributed by atoms with Gasteiger partial charge in [-0.1, -0.05) is 0 Å². The van der Waals surface area contributed by atoms with Gasteiger partial charge in [0.2, 0.25) is 0 Å². The number of benzene rings is 1. The minimum absolute atomic E-state index is 0.732. The molecule has 1 atom stereocenters. The third-order valence-corrected chi connectivity index (χ3v) is 2.06. The summed E-state index contributed by atoms with van der Waals surface area (Å²) in [4.78, 5) is 0. The van der Waals surface area contributed by atoms with Gasteiger partial charge in [-0.3, -0.25) is 0 Å². The van der Waals surface area contributed by atoms with Crippen LogP contribution in [0.15, 0.2) is 30.3 Å². The predicted octanol–water partition coefficient (Wildman–Crippen LogP) is 2.60. The SMILES string of the molecule is C[CH]([Al+2])CCc1ccccc1. The van der Waals surface area contributed by atoms with Crippen LogP contribution in [-0.4, -0.2) is 16.3 Å². The van der Waals surface area contributed by atoms with Crippen molar-refractivity contribution < 1.29 is 0 Å². The second-order valence-electron chi connectivity index (χ2n) is 3.00. The molecule has 0 bridgehead atoms. The first kappa shape index (κ1) is 8.85. The molecule has 0 radical (unpaired) electrons. The molecule has 1 heteroatoms. The zero-order valence-corrected chi connectivity index (χ0v) is 8.11. The van der Waals surface area contributed by atoms with Crippen LogP contribution in [0.2, 0.25) is 4.78 Å². The molecule has 0 aliphatic rings. The summed E-state index contributed by atoms with van der Waals surface area (Å²) in [5.74, 6) is 0. The number of rotatable bonds is 3. The molecule has 0 fully saturated rings. The summed E-state index contributed by atoms with van der Waals surface area (Å²) >= 11 is 2.83. The Morgan fingerprint density at radius 3 is 2.45 bits per heavy atom. The summed E-state index contributed by atoms with van der Waals surface area (Å²) in [7, 11) is 0. The molecule has 1 aromatic carbocycles. The summed E-state index contributed by atoms with van der Waals surface area (Å²) in [6, 6.07) is 10.6. The van der Waals surface area contributed by atoms with E-state index < -0.39 is 0 Å². The summed E-state index contributed by atoms with van der Waals surface area (Å²) in [6.45, 7) is 2.23. The van der Waals surface area contributed by atoms with E-state index in [9.17, 15) is 0 Å². The third-order valence-electron chi connectivity index (χ3n) is 1.73. The van der Waals surface area contributed by atoms with Crippen molar-refractivity contribution >= 4 is 16.3 Å². The van der Waals surface area contributed by atoms with Crippen LogP contribution < -0.4 is 0 Å². The van der Waals surface area contributed by atoms with Gasteiger partial charge in [0.05, 0.1) is 0 Å². The molecule has 0 N–H and O–H groups in total. The van der Waals surface area contributed by atoms with Crippen LogP contribution >= 0.6 is 0 Å². The summed E-state index contributed by atoms with van der Waals surface area (Å²) in [6.07, 6.45) is 2.46. The average molecular weight is 160 g/mol. The van der Waals surface area contributed by atoms with E-state index in [0.29, 0.717) is 0 Å². The first-order chi connectivity index (χ1) is 5.29. The third kappa shape index (κ3) is 3.60. The van der Waals surface area contributed by atoms with Crippen LogP contribution in [-0.2, 0) is 6.42 Å². The monoisotopic (exact) mass is 160 g/mol. The van der Waals surface area contributed by atoms with Gasteiger partial charge in [0.25, 0.3) is 0 Å². The molecule has 1 rings (SSSR count). The minimum atomic E-state index is 0.732. The van der Waals surface area contributed by atoms with E-state index in [2.05, 4.69) is 53.5 Å². The molecule has 1 aromatic rings. The molecular formula is C10H13Al+2. The van der Waals surface area contributed by atoms with Crippen LogP contribution in [0, 0.1) is 0 Å². The molecule has 0 aliphatic carbocycles. The number of hydrogen-bond acceptors (Lipinski definition) is 0. The van der Waals surface area contributed by atoms with Crippen LogP contribution in [0.4, 0.5) is 0 Å². The van der Waals surface area contributed by atoms with Gasteiger partial charge >= 0.3 is 76.7 Å². The fourth-order valence-electron chi connectivity index (χ4n) is 1.04. The van der Waals surface area contributed by atoms with Gasteiger partial charge in [0, 0.05) is 0 Å². The van der Waals surface area contributed by atoms with E-state index in [1.54, 1.807) is 0 Å². The van der Waals surface area contributed by atoms with Gasteiger partial charge in [0.1, 0.15) is 0 Å². The van der Waals surface area contributed by atoms with Crippen molar-refractivity contribution in [1.82, 2.24) is 0 Å². The Morgan fingerprint density at radius 2 is 1.91 bits per heavy atom. The van der Waals surface area contributed by atoms with Crippen LogP contribution in [0.25, 0.3) is 0 Å². The van der Waals surface area contributed by atoms with Crippen molar-refractivity contribution in [3.05, 3.63) is 35.9 Å². The van der Waals surface area contributed by atoms with Crippen LogP contribution in [0.5, 0.6) is 0 Å². The molecular weight excluding hydrogens is 147 g/mol. The molecule has 0 aromatic heterocycles. The molecule has 11 heavy (non-hydrogen) atoms. The van der Waals surface area contributed by atoms with Gasteiger partial charge < -0.3 is 0 Å². The topological polar surface area (TPSA) is 0 Å². The Labute approximate surface area is 77.1 Å². The first-order valence-corrected chi connectivity index (χ1v) is 4.75. The second-order valence-corrected chi connectivity index (χ2v) is 4.14. The summed E-state index contributed by atoms with van der Waals surface area (Å²) in [5.41, 5.74) is 1.45. The normalized spacial score (nSPS) is 13.0. The van der Waals surface area contributed by atoms with Gasteiger partial charge in [-0.2, -0.15) is 0 Å². The molecule has 0 saturated carbocycles. The maximum atomic E-state index is 2.83. The van der Waals surface area contributed by atoms with E-state index in [1.165, 1.54) is 18.4 Å². The van der Waals surface area contributed by atoms with Crippen molar-refractivity contribution in [3.8, 4) is 0 Å². The van der Waals surface area contributed by atoms with Crippen molar-refractivity contribution in [3.63, 3.8) is 0 Å². The Balaban J connectivity index is 2.39. The Morgan fingerprint density at radius 1 is 1.27 bits per heavy atom. The van der Waals surface area contributed by atoms with Crippen LogP contribution in [0.3, 0.4) is 0 Å². The molecule has 0 spiro atoms. The number of hydrogen-bond donors (Lipinski definition) is 0. The zero-order chi connectivity index (χ0) is 8.10. The average Bonchev–Trinajstić information content (AvgIpc) is 2.03. The van der Waals surface area contributed by atoms with Crippen molar-refractivity contribution in [2.24, 2.45) is 0 Å². The quantitative estimate of drug-likeness (QED) is 0.596. The maximum absolute atomic E-state index is 2.83. The summed E-state index contributed by atoms with van der Waals surface area (Å²) in [5, 5.41) is 0. The molecule has 0 aliphatic heterocycles. The first-order valence-electron chi connectivity index (χ1n) is 4.08. The fourth-order valence-corrected chi connectivity index (χ4v) is 1.21. The van der Waals surface area contributed by atoms with Crippen LogP contribution in [0.1, 0.15) is 18.9 Å². The Hall–Kier alpha value is -0.248. The predicted molar refractivity (Wildman–Crippen MR) is 49.9 cm³/mol. The van der Waals surface area contributed by atoms with E-state index in [4.69, 9.17) is 0 Å². The Bertz CT molecular complexity index is 191. The van der Waals surface area contributed by atoms with E-state index in [-0.39, 0.29) is 0 Å². The van der Waals surface area contributed by atoms with Gasteiger partial charge in [-0.15, -0.1) is 0 Å². The van der Waals surface area contributed by atoms with Crippen molar-refractivity contribution in [2.75, 3.05) is 0 Å². The van der Waals surface area contributed by atoms with E-state index >= 15 is 0 Å². The standard InChI is InChI=1S/C10H13.Al/c1-2-3-7-10-8-5-4-6-9-10;/h2,4-6,8-9H,3,7H2,1H3;/q;+2. The number of aryl methyl sites for hydroxylation is 1. The molecule has 0 heterocycles. The van der Waals surface area contributed by atoms with E-state index in [0.717, 1.165) is 4.78 Å².